The molecule has 4 N–H and O–H groups in total. The van der Waals surface area contributed by atoms with E-state index < -0.39 is 16.4 Å². The van der Waals surface area contributed by atoms with E-state index in [9.17, 15) is 4.57 Å². The Labute approximate surface area is 121 Å². The Morgan fingerprint density at radius 2 is 1.45 bits per heavy atom. The summed E-state index contributed by atoms with van der Waals surface area (Å²) in [6, 6.07) is 0.745. The summed E-state index contributed by atoms with van der Waals surface area (Å²) in [5.41, 5.74) is 0. The van der Waals surface area contributed by atoms with Crippen LogP contribution >= 0.6 is 7.60 Å². The second-order valence-corrected chi connectivity index (χ2v) is 9.15. The first kappa shape index (κ1) is 20.2. The zero-order chi connectivity index (χ0) is 15.5. The number of nitrogens with one attached hydrogen (secondary N) is 2. The van der Waals surface area contributed by atoms with Crippen LogP contribution in [0.15, 0.2) is 0 Å². The minimum atomic E-state index is -3.88. The third-order valence-electron chi connectivity index (χ3n) is 2.83. The summed E-state index contributed by atoms with van der Waals surface area (Å²) < 4.78 is 26.5. The lowest BCUT2D eigenvalue weighted by Crippen LogP contribution is -2.43. The zero-order valence-corrected chi connectivity index (χ0v) is 14.3. The van der Waals surface area contributed by atoms with Gasteiger partial charge in [-0.15, -0.1) is 0 Å². The molecule has 122 valence electrons. The summed E-state index contributed by atoms with van der Waals surface area (Å²) in [7, 11) is -1.56. The first-order valence-corrected chi connectivity index (χ1v) is 10.2. The molecule has 0 atom stereocenters. The number of hydrogen-bond donors (Lipinski definition) is 4. The van der Waals surface area contributed by atoms with Crippen LogP contribution in [0.1, 0.15) is 6.42 Å². The molecule has 0 spiro atoms. The number of rotatable bonds is 13. The fourth-order valence-electron chi connectivity index (χ4n) is 1.64. The van der Waals surface area contributed by atoms with Gasteiger partial charge in [-0.1, -0.05) is 0 Å². The molecule has 0 fully saturated rings. The first-order valence-electron chi connectivity index (χ1n) is 6.50. The fraction of sp³-hybridized carbons (Fsp3) is 1.00. The molecule has 0 aliphatic heterocycles. The van der Waals surface area contributed by atoms with Crippen molar-refractivity contribution in [2.45, 2.75) is 12.5 Å². The van der Waals surface area contributed by atoms with Crippen molar-refractivity contribution in [2.75, 3.05) is 53.7 Å². The van der Waals surface area contributed by atoms with Crippen LogP contribution in [-0.2, 0) is 17.8 Å². The largest absolute Gasteiger partial charge is 0.500 e. The Balaban J connectivity index is 3.47. The van der Waals surface area contributed by atoms with Crippen molar-refractivity contribution in [2.24, 2.45) is 0 Å². The van der Waals surface area contributed by atoms with Gasteiger partial charge in [-0.05, 0) is 13.0 Å². The maximum absolute atomic E-state index is 10.6. The summed E-state index contributed by atoms with van der Waals surface area (Å²) in [5.74, 6) is 0. The molecule has 0 radical (unpaired) electrons. The standard InChI is InChI=1S/C10H27N2O6PSi/c1-16-20(17-2,18-3)10-4-5-11-6-7-12-8-9-19(13,14)15/h11-12H,4-10H2,1-3H3,(H2,13,14,15). The monoisotopic (exact) mass is 330 g/mol. The van der Waals surface area contributed by atoms with Gasteiger partial charge >= 0.3 is 16.4 Å². The van der Waals surface area contributed by atoms with E-state index in [1.807, 2.05) is 0 Å². The Bertz CT molecular complexity index is 279. The van der Waals surface area contributed by atoms with Crippen LogP contribution < -0.4 is 10.6 Å². The van der Waals surface area contributed by atoms with Crippen molar-refractivity contribution in [1.29, 1.82) is 0 Å². The average molecular weight is 330 g/mol. The van der Waals surface area contributed by atoms with E-state index >= 15 is 0 Å². The maximum Gasteiger partial charge on any atom is 0.500 e. The predicted octanol–water partition coefficient (Wildman–Crippen LogP) is -0.388. The molecule has 0 heterocycles. The lowest BCUT2D eigenvalue weighted by molar-refractivity contribution is 0.123. The van der Waals surface area contributed by atoms with Crippen LogP contribution in [-0.4, -0.2) is 72.3 Å². The van der Waals surface area contributed by atoms with Crippen molar-refractivity contribution < 1.29 is 27.6 Å². The molecule has 0 aliphatic rings. The molecule has 8 nitrogen and oxygen atoms in total. The summed E-state index contributed by atoms with van der Waals surface area (Å²) in [6.45, 7) is 2.54. The van der Waals surface area contributed by atoms with E-state index in [-0.39, 0.29) is 6.16 Å². The zero-order valence-electron chi connectivity index (χ0n) is 12.4. The van der Waals surface area contributed by atoms with Crippen molar-refractivity contribution in [1.82, 2.24) is 10.6 Å². The molecule has 0 aliphatic carbocycles. The van der Waals surface area contributed by atoms with E-state index in [1.165, 1.54) is 0 Å². The van der Waals surface area contributed by atoms with Crippen LogP contribution in [0, 0.1) is 0 Å². The fourth-order valence-corrected chi connectivity index (χ4v) is 3.81. The maximum atomic E-state index is 10.6. The molecule has 0 aromatic rings. The lowest BCUT2D eigenvalue weighted by atomic mass is 10.4. The Hall–Kier alpha value is 0.167. The van der Waals surface area contributed by atoms with Crippen LogP contribution in [0.25, 0.3) is 0 Å². The minimum absolute atomic E-state index is 0.128. The van der Waals surface area contributed by atoms with Gasteiger partial charge < -0.3 is 33.7 Å². The molecule has 10 heteroatoms. The van der Waals surface area contributed by atoms with Crippen molar-refractivity contribution in [3.63, 3.8) is 0 Å². The highest BCUT2D eigenvalue weighted by atomic mass is 31.2. The van der Waals surface area contributed by atoms with Gasteiger partial charge in [0, 0.05) is 47.0 Å². The predicted molar refractivity (Wildman–Crippen MR) is 78.9 cm³/mol. The van der Waals surface area contributed by atoms with Gasteiger partial charge in [0.1, 0.15) is 0 Å². The van der Waals surface area contributed by atoms with E-state index in [2.05, 4.69) is 10.6 Å². The van der Waals surface area contributed by atoms with Gasteiger partial charge in [0.25, 0.3) is 0 Å². The highest BCUT2D eigenvalue weighted by Crippen LogP contribution is 2.32. The van der Waals surface area contributed by atoms with Crippen LogP contribution in [0.5, 0.6) is 0 Å². The smallest absolute Gasteiger partial charge is 0.377 e. The molecular weight excluding hydrogens is 303 g/mol. The Morgan fingerprint density at radius 1 is 0.950 bits per heavy atom. The second kappa shape index (κ2) is 10.8. The van der Waals surface area contributed by atoms with Gasteiger partial charge in [-0.2, -0.15) is 0 Å². The van der Waals surface area contributed by atoms with E-state index in [1.54, 1.807) is 21.3 Å². The molecule has 0 saturated carbocycles. The molecule has 0 rings (SSSR count). The molecule has 0 aromatic heterocycles. The quantitative estimate of drug-likeness (QED) is 0.205. The first-order chi connectivity index (χ1) is 9.39. The molecule has 20 heavy (non-hydrogen) atoms. The van der Waals surface area contributed by atoms with E-state index in [0.717, 1.165) is 25.6 Å². The molecule has 0 unspecified atom stereocenters. The van der Waals surface area contributed by atoms with Gasteiger partial charge in [0.15, 0.2) is 0 Å². The third kappa shape index (κ3) is 9.98. The van der Waals surface area contributed by atoms with Gasteiger partial charge in [0.2, 0.25) is 0 Å². The summed E-state index contributed by atoms with van der Waals surface area (Å²) in [4.78, 5) is 17.3. The van der Waals surface area contributed by atoms with Gasteiger partial charge in [-0.3, -0.25) is 4.57 Å². The molecular formula is C10H27N2O6PSi. The van der Waals surface area contributed by atoms with Gasteiger partial charge in [-0.25, -0.2) is 0 Å². The normalized spacial score (nSPS) is 12.8. The van der Waals surface area contributed by atoms with Gasteiger partial charge in [0.05, 0.1) is 6.16 Å². The summed E-state index contributed by atoms with van der Waals surface area (Å²) >= 11 is 0. The van der Waals surface area contributed by atoms with Crippen molar-refractivity contribution in [3.8, 4) is 0 Å². The summed E-state index contributed by atoms with van der Waals surface area (Å²) in [5, 5.41) is 6.19. The molecule has 0 saturated heterocycles. The van der Waals surface area contributed by atoms with Crippen LogP contribution in [0.2, 0.25) is 6.04 Å². The Kier molecular flexibility index (Phi) is 10.9. The molecule has 0 amide bonds. The lowest BCUT2D eigenvalue weighted by Gasteiger charge is -2.24. The van der Waals surface area contributed by atoms with Crippen LogP contribution in [0.4, 0.5) is 0 Å². The minimum Gasteiger partial charge on any atom is -0.377 e. The third-order valence-corrected chi connectivity index (χ3v) is 6.47. The molecule has 0 bridgehead atoms. The van der Waals surface area contributed by atoms with Crippen molar-refractivity contribution >= 4 is 16.4 Å². The highest BCUT2D eigenvalue weighted by molar-refractivity contribution is 7.51. The number of hydrogen-bond acceptors (Lipinski definition) is 6. The second-order valence-electron chi connectivity index (χ2n) is 4.29. The van der Waals surface area contributed by atoms with E-state index in [0.29, 0.717) is 13.1 Å². The molecule has 0 aromatic carbocycles. The van der Waals surface area contributed by atoms with Crippen LogP contribution in [0.3, 0.4) is 0 Å². The SMILES string of the molecule is CO[Si](CCCNCCNCCP(=O)(O)O)(OC)OC. The summed E-state index contributed by atoms with van der Waals surface area (Å²) in [6.07, 6.45) is 0.751. The highest BCUT2D eigenvalue weighted by Gasteiger charge is 2.36. The topological polar surface area (TPSA) is 109 Å². The van der Waals surface area contributed by atoms with E-state index in [4.69, 9.17) is 23.1 Å². The average Bonchev–Trinajstić information content (AvgIpc) is 2.41. The van der Waals surface area contributed by atoms with Crippen molar-refractivity contribution in [3.05, 3.63) is 0 Å². The Morgan fingerprint density at radius 3 is 1.90 bits per heavy atom.